The van der Waals surface area contributed by atoms with E-state index in [1.165, 1.54) is 74.5 Å². The molecule has 0 saturated heterocycles. The Bertz CT molecular complexity index is 4950. The van der Waals surface area contributed by atoms with Gasteiger partial charge in [0.2, 0.25) is 0 Å². The topological polar surface area (TPSA) is 519 Å². The van der Waals surface area contributed by atoms with Gasteiger partial charge in [0.25, 0.3) is 92.6 Å². The van der Waals surface area contributed by atoms with Gasteiger partial charge < -0.3 is 10.6 Å². The lowest BCUT2D eigenvalue weighted by atomic mass is 10.0. The zero-order valence-corrected chi connectivity index (χ0v) is 50.5. The predicted octanol–water partition coefficient (Wildman–Crippen LogP) is 5.34. The van der Waals surface area contributed by atoms with Crippen molar-refractivity contribution in [3.8, 4) is 0 Å². The summed E-state index contributed by atoms with van der Waals surface area (Å²) < 4.78 is 266. The molecular weight excluding hydrogens is 1330 g/mol. The standard InChI is InChI=1S/C49H40N6O25S8/c1-25-9-11-31(81(59,60)54-37-13-15-41(85(69,70)71)35-19-33(83(63,64)65)23-43(45(35)37)87(75,76)77)21-39(25)52-47(56)27-5-3-7-29(17-27)50-49(58)51-30-8-4-6-28(18-30)48(57)53-40-22-32(12-10-26(40)2)82(61,62)55-38-14-16-42(86(72,73)74)36-20-34(84(66,67)68)24-44(46(36)38)88(78,79)80/h3-26,54-55H,1-2H3,(H2,50,51,58)(H,63,64,65)(H,66,67,68)(H,69,70,71)(H,72,73,74)(H,75,76,77)(H,78,79,80). The van der Waals surface area contributed by atoms with E-state index in [1.54, 1.807) is 0 Å². The van der Waals surface area contributed by atoms with E-state index in [9.17, 15) is 109 Å². The summed E-state index contributed by atoms with van der Waals surface area (Å²) in [6, 6.07) is 13.1. The van der Waals surface area contributed by atoms with E-state index in [0.29, 0.717) is 36.4 Å². The summed E-state index contributed by atoms with van der Waals surface area (Å²) in [6.45, 7) is 3.04. The zero-order chi connectivity index (χ0) is 65.2. The smallest absolute Gasteiger partial charge is 0.308 e. The molecule has 10 N–H and O–H groups in total. The number of hydrogen-bond acceptors (Lipinski definition) is 19. The summed E-state index contributed by atoms with van der Waals surface area (Å²) in [5.74, 6) is -3.43. The molecule has 0 aromatic heterocycles. The first kappa shape index (κ1) is 65.7. The molecule has 6 aromatic carbocycles. The quantitative estimate of drug-likeness (QED) is 0.0546. The highest BCUT2D eigenvalue weighted by Crippen LogP contribution is 2.40. The van der Waals surface area contributed by atoms with E-state index in [1.807, 2.05) is 9.44 Å². The largest absolute Gasteiger partial charge is 0.323 e. The number of urea groups is 1. The number of amides is 4. The third-order valence-electron chi connectivity index (χ3n) is 12.6. The molecular formula is C49H40N6O25S8. The number of allylic oxidation sites excluding steroid dienone is 6. The normalized spacial score (nSPS) is 17.1. The van der Waals surface area contributed by atoms with Crippen molar-refractivity contribution in [2.45, 2.75) is 43.2 Å². The minimum atomic E-state index is -5.56. The molecule has 2 aliphatic rings. The first-order valence-electron chi connectivity index (χ1n) is 23.9. The lowest BCUT2D eigenvalue weighted by Gasteiger charge is -2.18. The molecule has 0 radical (unpaired) electrons. The number of rotatable bonds is 16. The Kier molecular flexibility index (Phi) is 17.4. The number of anilines is 4. The van der Waals surface area contributed by atoms with Crippen molar-refractivity contribution in [1.29, 1.82) is 0 Å². The van der Waals surface area contributed by atoms with Gasteiger partial charge >= 0.3 is 6.03 Å². The molecule has 0 bridgehead atoms. The van der Waals surface area contributed by atoms with Gasteiger partial charge in [0.05, 0.1) is 42.4 Å². The number of aliphatic imine (C=N–C) groups is 2. The van der Waals surface area contributed by atoms with E-state index in [0.717, 1.165) is 24.3 Å². The fraction of sp³-hybridized carbons (Fsp3) is 0.0816. The van der Waals surface area contributed by atoms with Crippen LogP contribution in [-0.2, 0) is 80.8 Å². The fourth-order valence-electron chi connectivity index (χ4n) is 8.57. The summed E-state index contributed by atoms with van der Waals surface area (Å²) in [5, 5.41) is 1.11. The predicted molar refractivity (Wildman–Crippen MR) is 314 cm³/mol. The third kappa shape index (κ3) is 14.5. The third-order valence-corrected chi connectivity index (χ3v) is 20.6. The van der Waals surface area contributed by atoms with E-state index in [-0.39, 0.29) is 46.1 Å². The molecule has 88 heavy (non-hydrogen) atoms. The van der Waals surface area contributed by atoms with Gasteiger partial charge in [-0.2, -0.15) is 50.5 Å². The molecule has 8 rings (SSSR count). The molecule has 39 heteroatoms. The molecule has 31 nitrogen and oxygen atoms in total. The van der Waals surface area contributed by atoms with Crippen LogP contribution < -0.4 is 20.1 Å². The molecule has 0 saturated carbocycles. The van der Waals surface area contributed by atoms with Crippen LogP contribution in [0.5, 0.6) is 0 Å². The van der Waals surface area contributed by atoms with Crippen LogP contribution in [0.15, 0.2) is 183 Å². The molecule has 2 aliphatic carbocycles. The van der Waals surface area contributed by atoms with Crippen LogP contribution in [0.3, 0.4) is 0 Å². The van der Waals surface area contributed by atoms with E-state index in [2.05, 4.69) is 20.6 Å². The molecule has 0 heterocycles. The number of hydrogen-bond donors (Lipinski definition) is 10. The summed E-state index contributed by atoms with van der Waals surface area (Å²) in [5.41, 5.74) is -2.20. The first-order valence-corrected chi connectivity index (χ1v) is 35.5. The van der Waals surface area contributed by atoms with Crippen LogP contribution in [0.4, 0.5) is 27.5 Å². The van der Waals surface area contributed by atoms with Gasteiger partial charge in [0.1, 0.15) is 19.6 Å². The van der Waals surface area contributed by atoms with Gasteiger partial charge in [-0.25, -0.2) is 31.6 Å². The Morgan fingerprint density at radius 3 is 1.08 bits per heavy atom. The number of fused-ring (bicyclic) bond motifs is 2. The molecule has 0 fully saturated rings. The molecule has 2 unspecified atom stereocenters. The Hall–Kier alpha value is -8.29. The summed E-state index contributed by atoms with van der Waals surface area (Å²) in [6.07, 6.45) is 6.60. The van der Waals surface area contributed by atoms with Gasteiger partial charge in [0.15, 0.2) is 0 Å². The zero-order valence-electron chi connectivity index (χ0n) is 44.0. The first-order chi connectivity index (χ1) is 40.4. The van der Waals surface area contributed by atoms with Gasteiger partial charge in [0, 0.05) is 55.9 Å². The van der Waals surface area contributed by atoms with Crippen LogP contribution in [-0.4, -0.2) is 124 Å². The van der Waals surface area contributed by atoms with Crippen LogP contribution >= 0.6 is 0 Å². The Labute approximate surface area is 499 Å². The minimum Gasteiger partial charge on any atom is -0.308 e. The minimum absolute atomic E-state index is 0.00170. The van der Waals surface area contributed by atoms with Crippen molar-refractivity contribution in [3.05, 3.63) is 154 Å². The number of nitrogens with zero attached hydrogens (tertiary/aromatic N) is 2. The number of carbonyl (C=O) groups excluding carboxylic acids is 3. The number of sulfonamides is 2. The summed E-state index contributed by atoms with van der Waals surface area (Å²) in [7, 11) is -42.3. The summed E-state index contributed by atoms with van der Waals surface area (Å²) in [4.78, 5) is 39.6. The van der Waals surface area contributed by atoms with Crippen molar-refractivity contribution in [2.75, 3.05) is 20.1 Å². The maximum atomic E-state index is 13.9. The van der Waals surface area contributed by atoms with Gasteiger partial charge in [-0.1, -0.05) is 38.1 Å². The van der Waals surface area contributed by atoms with Gasteiger partial charge in [-0.05, 0) is 109 Å². The Morgan fingerprint density at radius 1 is 0.420 bits per heavy atom. The lowest BCUT2D eigenvalue weighted by Crippen LogP contribution is -2.21. The van der Waals surface area contributed by atoms with Crippen LogP contribution in [0.25, 0.3) is 21.5 Å². The molecule has 2 atom stereocenters. The van der Waals surface area contributed by atoms with Crippen LogP contribution in [0.2, 0.25) is 0 Å². The van der Waals surface area contributed by atoms with Crippen molar-refractivity contribution < 1.29 is 109 Å². The SMILES string of the molecule is CC1C=CC(S(=O)(=O)Nc2ccc(S(=O)(=O)O)c3cc(S(=O)(=O)O)cc(S(=O)(=O)O)c23)=CC1=NC(=O)c1cccc(NC(=O)Nc2cccc(C(=O)N=C3C=C(S(=O)(=O)Nc4ccc(S(=O)(=O)O)c5cc(S(=O)(=O)O)cc(S(=O)(=O)O)c45)C=CC3C)c2)c1. The van der Waals surface area contributed by atoms with E-state index >= 15 is 0 Å². The van der Waals surface area contributed by atoms with E-state index < -0.39 is 183 Å². The van der Waals surface area contributed by atoms with E-state index in [4.69, 9.17) is 0 Å². The molecule has 0 spiro atoms. The molecule has 464 valence electrons. The highest BCUT2D eigenvalue weighted by Gasteiger charge is 2.32. The van der Waals surface area contributed by atoms with Crippen molar-refractivity contribution in [3.63, 3.8) is 0 Å². The monoisotopic (exact) mass is 1370 g/mol. The molecule has 6 aromatic rings. The van der Waals surface area contributed by atoms with Gasteiger partial charge in [-0.3, -0.25) is 46.3 Å². The van der Waals surface area contributed by atoms with Crippen molar-refractivity contribution >= 4 is 154 Å². The maximum absolute atomic E-state index is 13.9. The fourth-order valence-corrected chi connectivity index (χ4v) is 14.9. The second kappa shape index (κ2) is 23.3. The van der Waals surface area contributed by atoms with Crippen LogP contribution in [0.1, 0.15) is 34.6 Å². The lowest BCUT2D eigenvalue weighted by molar-refractivity contribution is 0.0994. The Balaban J connectivity index is 0.988. The molecule has 4 amide bonds. The second-order valence-electron chi connectivity index (χ2n) is 18.8. The highest BCUT2D eigenvalue weighted by atomic mass is 32.2. The van der Waals surface area contributed by atoms with Crippen LogP contribution in [0, 0.1) is 11.8 Å². The number of carbonyl (C=O) groups is 3. The maximum Gasteiger partial charge on any atom is 0.323 e. The second-order valence-corrected chi connectivity index (χ2v) is 30.6. The number of nitrogens with one attached hydrogen (secondary N) is 4. The molecule has 0 aliphatic heterocycles. The van der Waals surface area contributed by atoms with Gasteiger partial charge in [-0.15, -0.1) is 0 Å². The number of benzene rings is 6. The Morgan fingerprint density at radius 2 is 0.761 bits per heavy atom. The average Bonchev–Trinajstić information content (AvgIpc) is 0.760. The average molecular weight is 1370 g/mol. The summed E-state index contributed by atoms with van der Waals surface area (Å²) >= 11 is 0. The van der Waals surface area contributed by atoms with Crippen molar-refractivity contribution in [2.24, 2.45) is 21.8 Å². The van der Waals surface area contributed by atoms with Crippen molar-refractivity contribution in [1.82, 2.24) is 0 Å². The highest BCUT2D eigenvalue weighted by molar-refractivity contribution is 7.97.